The minimum absolute atomic E-state index is 0.00823. The number of non-ortho nitro benzene ring substituents is 1. The Balaban J connectivity index is 1.30. The van der Waals surface area contributed by atoms with Crippen LogP contribution < -0.4 is 5.32 Å². The first-order valence-corrected chi connectivity index (χ1v) is 9.20. The lowest BCUT2D eigenvalue weighted by Gasteiger charge is -2.06. The maximum absolute atomic E-state index is 10.9. The highest BCUT2D eigenvalue weighted by Gasteiger charge is 2.18. The van der Waals surface area contributed by atoms with Gasteiger partial charge in [-0.15, -0.1) is 0 Å². The van der Waals surface area contributed by atoms with Crippen LogP contribution in [0.25, 0.3) is 22.5 Å². The molecule has 0 saturated carbocycles. The molecule has 4 aromatic rings. The number of hydrogen-bond donors (Lipinski definition) is 1. The predicted molar refractivity (Wildman–Crippen MR) is 108 cm³/mol. The van der Waals surface area contributed by atoms with E-state index in [0.717, 1.165) is 12.1 Å². The van der Waals surface area contributed by atoms with Crippen molar-refractivity contribution in [1.29, 1.82) is 0 Å². The SMILES string of the molecule is O=[N+]([O-])c1cccc(-c2noc(CNc3ccc4c(c3)Cc3ccccc3-4)n2)c1. The van der Waals surface area contributed by atoms with Gasteiger partial charge in [-0.1, -0.05) is 47.6 Å². The van der Waals surface area contributed by atoms with Crippen LogP contribution in [0.1, 0.15) is 17.0 Å². The van der Waals surface area contributed by atoms with Crippen LogP contribution >= 0.6 is 0 Å². The molecule has 0 aliphatic heterocycles. The number of nitrogens with one attached hydrogen (secondary N) is 1. The Bertz CT molecular complexity index is 1230. The predicted octanol–water partition coefficient (Wildman–Crippen LogP) is 4.83. The molecule has 0 atom stereocenters. The average Bonchev–Trinajstić information content (AvgIpc) is 3.36. The number of benzene rings is 3. The third-order valence-electron chi connectivity index (χ3n) is 5.02. The summed E-state index contributed by atoms with van der Waals surface area (Å²) in [7, 11) is 0. The largest absolute Gasteiger partial charge is 0.376 e. The summed E-state index contributed by atoms with van der Waals surface area (Å²) < 4.78 is 5.29. The number of nitro benzene ring substituents is 1. The van der Waals surface area contributed by atoms with Crippen molar-refractivity contribution >= 4 is 11.4 Å². The van der Waals surface area contributed by atoms with E-state index in [2.05, 4.69) is 51.9 Å². The number of rotatable bonds is 5. The molecule has 1 heterocycles. The van der Waals surface area contributed by atoms with Crippen molar-refractivity contribution in [3.63, 3.8) is 0 Å². The van der Waals surface area contributed by atoms with Crippen molar-refractivity contribution < 1.29 is 9.45 Å². The summed E-state index contributed by atoms with van der Waals surface area (Å²) in [6.07, 6.45) is 0.929. The minimum Gasteiger partial charge on any atom is -0.376 e. The summed E-state index contributed by atoms with van der Waals surface area (Å²) in [5, 5.41) is 18.2. The van der Waals surface area contributed by atoms with Gasteiger partial charge >= 0.3 is 0 Å². The van der Waals surface area contributed by atoms with E-state index in [0.29, 0.717) is 23.8 Å². The Morgan fingerprint density at radius 2 is 1.86 bits per heavy atom. The summed E-state index contributed by atoms with van der Waals surface area (Å²) in [6.45, 7) is 0.369. The Morgan fingerprint density at radius 3 is 2.76 bits per heavy atom. The molecule has 0 radical (unpaired) electrons. The van der Waals surface area contributed by atoms with Crippen molar-refractivity contribution in [3.8, 4) is 22.5 Å². The van der Waals surface area contributed by atoms with E-state index in [1.54, 1.807) is 12.1 Å². The fraction of sp³-hybridized carbons (Fsp3) is 0.0909. The smallest absolute Gasteiger partial charge is 0.270 e. The highest BCUT2D eigenvalue weighted by molar-refractivity contribution is 5.78. The molecule has 1 N–H and O–H groups in total. The average molecular weight is 384 g/mol. The monoisotopic (exact) mass is 384 g/mol. The lowest BCUT2D eigenvalue weighted by molar-refractivity contribution is -0.384. The fourth-order valence-corrected chi connectivity index (χ4v) is 3.64. The summed E-state index contributed by atoms with van der Waals surface area (Å²) in [5.74, 6) is 0.741. The molecule has 7 heteroatoms. The number of nitro groups is 1. The molecular weight excluding hydrogens is 368 g/mol. The van der Waals surface area contributed by atoms with Gasteiger partial charge in [-0.2, -0.15) is 4.98 Å². The maximum atomic E-state index is 10.9. The number of anilines is 1. The number of hydrogen-bond acceptors (Lipinski definition) is 6. The molecule has 1 aromatic heterocycles. The van der Waals surface area contributed by atoms with Gasteiger partial charge in [0.15, 0.2) is 0 Å². The second-order valence-electron chi connectivity index (χ2n) is 6.88. The van der Waals surface area contributed by atoms with E-state index >= 15 is 0 Å². The second-order valence-corrected chi connectivity index (χ2v) is 6.88. The van der Waals surface area contributed by atoms with Crippen molar-refractivity contribution in [2.45, 2.75) is 13.0 Å². The first-order valence-electron chi connectivity index (χ1n) is 9.20. The molecule has 7 nitrogen and oxygen atoms in total. The van der Waals surface area contributed by atoms with Gasteiger partial charge in [0, 0.05) is 23.4 Å². The van der Waals surface area contributed by atoms with Crippen LogP contribution in [0.3, 0.4) is 0 Å². The Kier molecular flexibility index (Phi) is 4.05. The van der Waals surface area contributed by atoms with E-state index in [1.807, 2.05) is 6.07 Å². The molecule has 1 aliphatic carbocycles. The zero-order chi connectivity index (χ0) is 19.8. The first-order chi connectivity index (χ1) is 14.2. The van der Waals surface area contributed by atoms with Crippen LogP contribution in [0.15, 0.2) is 71.3 Å². The minimum atomic E-state index is -0.446. The van der Waals surface area contributed by atoms with Crippen molar-refractivity contribution in [2.24, 2.45) is 0 Å². The summed E-state index contributed by atoms with van der Waals surface area (Å²) in [4.78, 5) is 14.8. The van der Waals surface area contributed by atoms with Gasteiger partial charge in [0.25, 0.3) is 5.69 Å². The Labute approximate surface area is 166 Å². The molecule has 0 spiro atoms. The van der Waals surface area contributed by atoms with Crippen LogP contribution in [0.2, 0.25) is 0 Å². The zero-order valence-electron chi connectivity index (χ0n) is 15.3. The van der Waals surface area contributed by atoms with E-state index < -0.39 is 4.92 Å². The fourth-order valence-electron chi connectivity index (χ4n) is 3.64. The van der Waals surface area contributed by atoms with Crippen LogP contribution in [0.4, 0.5) is 11.4 Å². The van der Waals surface area contributed by atoms with Crippen molar-refractivity contribution in [1.82, 2.24) is 10.1 Å². The maximum Gasteiger partial charge on any atom is 0.270 e. The Hall–Kier alpha value is -4.00. The van der Waals surface area contributed by atoms with E-state index in [1.165, 1.54) is 34.4 Å². The van der Waals surface area contributed by atoms with Gasteiger partial charge in [0.2, 0.25) is 11.7 Å². The third kappa shape index (κ3) is 3.23. The molecule has 29 heavy (non-hydrogen) atoms. The van der Waals surface area contributed by atoms with Gasteiger partial charge < -0.3 is 9.84 Å². The van der Waals surface area contributed by atoms with Crippen LogP contribution in [0.5, 0.6) is 0 Å². The van der Waals surface area contributed by atoms with E-state index in [9.17, 15) is 10.1 Å². The molecule has 0 unspecified atom stereocenters. The van der Waals surface area contributed by atoms with E-state index in [4.69, 9.17) is 4.52 Å². The number of fused-ring (bicyclic) bond motifs is 3. The van der Waals surface area contributed by atoms with Gasteiger partial charge in [0.05, 0.1) is 11.5 Å². The topological polar surface area (TPSA) is 94.1 Å². The molecule has 0 saturated heterocycles. The highest BCUT2D eigenvalue weighted by atomic mass is 16.6. The lowest BCUT2D eigenvalue weighted by atomic mass is 10.1. The van der Waals surface area contributed by atoms with Crippen LogP contribution in [-0.4, -0.2) is 15.1 Å². The summed E-state index contributed by atoms with van der Waals surface area (Å²) >= 11 is 0. The first kappa shape index (κ1) is 17.1. The summed E-state index contributed by atoms with van der Waals surface area (Å²) in [5.41, 5.74) is 6.73. The van der Waals surface area contributed by atoms with Crippen molar-refractivity contribution in [3.05, 3.63) is 93.9 Å². The molecule has 0 fully saturated rings. The van der Waals surface area contributed by atoms with Crippen LogP contribution in [0, 0.1) is 10.1 Å². The summed E-state index contributed by atoms with van der Waals surface area (Å²) in [6, 6.07) is 20.9. The van der Waals surface area contributed by atoms with Gasteiger partial charge in [0.1, 0.15) is 0 Å². The van der Waals surface area contributed by atoms with Gasteiger partial charge in [-0.3, -0.25) is 10.1 Å². The highest BCUT2D eigenvalue weighted by Crippen LogP contribution is 2.37. The molecular formula is C22H16N4O3. The molecule has 0 amide bonds. The second kappa shape index (κ2) is 6.87. The van der Waals surface area contributed by atoms with Gasteiger partial charge in [-0.25, -0.2) is 0 Å². The third-order valence-corrected chi connectivity index (χ3v) is 5.02. The standard InChI is InChI=1S/C22H16N4O3/c27-26(28)18-6-3-5-15(12-18)22-24-21(29-25-22)13-23-17-8-9-20-16(11-17)10-14-4-1-2-7-19(14)20/h1-9,11-12,23H,10,13H2. The molecule has 142 valence electrons. The van der Waals surface area contributed by atoms with Gasteiger partial charge in [-0.05, 0) is 40.8 Å². The van der Waals surface area contributed by atoms with E-state index in [-0.39, 0.29) is 5.69 Å². The number of aromatic nitrogens is 2. The molecule has 0 bridgehead atoms. The Morgan fingerprint density at radius 1 is 1.00 bits per heavy atom. The quantitative estimate of drug-likeness (QED) is 0.345. The van der Waals surface area contributed by atoms with Crippen molar-refractivity contribution in [2.75, 3.05) is 5.32 Å². The molecule has 3 aromatic carbocycles. The zero-order valence-corrected chi connectivity index (χ0v) is 15.3. The van der Waals surface area contributed by atoms with Crippen LogP contribution in [-0.2, 0) is 13.0 Å². The lowest BCUT2D eigenvalue weighted by Crippen LogP contribution is -2.00. The molecule has 1 aliphatic rings. The normalized spacial score (nSPS) is 11.7. The molecule has 5 rings (SSSR count). The number of nitrogens with zero attached hydrogens (tertiary/aromatic N) is 3.